The Morgan fingerprint density at radius 1 is 1.43 bits per heavy atom. The molecule has 2 aromatic rings. The first-order chi connectivity index (χ1) is 11.0. The highest BCUT2D eigenvalue weighted by Gasteiger charge is 2.19. The lowest BCUT2D eigenvalue weighted by molar-refractivity contribution is -0.392. The van der Waals surface area contributed by atoms with Gasteiger partial charge in [-0.15, -0.1) is 0 Å². The molecule has 1 aromatic carbocycles. The Labute approximate surface area is 133 Å². The molecule has 0 radical (unpaired) electrons. The molecule has 1 aromatic heterocycles. The van der Waals surface area contributed by atoms with Gasteiger partial charge >= 0.3 is 11.8 Å². The highest BCUT2D eigenvalue weighted by atomic mass is 16.6. The first-order valence-corrected chi connectivity index (χ1v) is 7.11. The summed E-state index contributed by atoms with van der Waals surface area (Å²) in [6, 6.07) is 8.61. The summed E-state index contributed by atoms with van der Waals surface area (Å²) in [5, 5.41) is 10.9. The Kier molecular flexibility index (Phi) is 5.42. The minimum atomic E-state index is -0.767. The minimum absolute atomic E-state index is 0.000632. The Morgan fingerprint density at radius 2 is 2.13 bits per heavy atom. The maximum Gasteiger partial charge on any atom is 0.342 e. The van der Waals surface area contributed by atoms with Gasteiger partial charge in [0.25, 0.3) is 0 Å². The van der Waals surface area contributed by atoms with E-state index in [1.807, 2.05) is 30.3 Å². The van der Waals surface area contributed by atoms with Crippen LogP contribution >= 0.6 is 0 Å². The Balaban J connectivity index is 1.85. The number of nitro groups is 1. The number of hydrogen-bond acceptors (Lipinski definition) is 6. The number of benzene rings is 1. The Morgan fingerprint density at radius 3 is 2.78 bits per heavy atom. The third kappa shape index (κ3) is 4.36. The van der Waals surface area contributed by atoms with Crippen LogP contribution in [0.25, 0.3) is 0 Å². The topological polar surface area (TPSA) is 113 Å². The third-order valence-corrected chi connectivity index (χ3v) is 3.38. The van der Waals surface area contributed by atoms with E-state index < -0.39 is 16.9 Å². The van der Waals surface area contributed by atoms with Gasteiger partial charge in [-0.05, 0) is 16.9 Å². The fourth-order valence-electron chi connectivity index (χ4n) is 2.17. The van der Waals surface area contributed by atoms with Gasteiger partial charge in [-0.3, -0.25) is 4.79 Å². The highest BCUT2D eigenvalue weighted by molar-refractivity contribution is 5.75. The molecule has 8 heteroatoms. The van der Waals surface area contributed by atoms with E-state index >= 15 is 0 Å². The number of esters is 1. The quantitative estimate of drug-likeness (QED) is 0.466. The van der Waals surface area contributed by atoms with Crippen molar-refractivity contribution in [1.29, 1.82) is 0 Å². The standard InChI is InChI=1S/C15H18N4O4/c1-11-17-10-14(19(21)22)18(11)7-8-23-15(20)13(16)9-12-5-3-2-4-6-12/h2-6,10,13H,7-9,16H2,1H3. The summed E-state index contributed by atoms with van der Waals surface area (Å²) in [6.45, 7) is 1.81. The summed E-state index contributed by atoms with van der Waals surface area (Å²) < 4.78 is 6.49. The van der Waals surface area contributed by atoms with Gasteiger partial charge in [0.1, 0.15) is 25.4 Å². The van der Waals surface area contributed by atoms with Gasteiger partial charge in [-0.1, -0.05) is 30.3 Å². The third-order valence-electron chi connectivity index (χ3n) is 3.38. The summed E-state index contributed by atoms with van der Waals surface area (Å²) >= 11 is 0. The number of rotatable bonds is 7. The summed E-state index contributed by atoms with van der Waals surface area (Å²) in [4.78, 5) is 26.1. The van der Waals surface area contributed by atoms with Crippen molar-refractivity contribution in [1.82, 2.24) is 9.55 Å². The largest absolute Gasteiger partial charge is 0.460 e. The van der Waals surface area contributed by atoms with E-state index in [-0.39, 0.29) is 19.0 Å². The van der Waals surface area contributed by atoms with Crippen molar-refractivity contribution >= 4 is 11.8 Å². The summed E-state index contributed by atoms with van der Waals surface area (Å²) in [6.07, 6.45) is 1.56. The second-order valence-electron chi connectivity index (χ2n) is 5.04. The maximum absolute atomic E-state index is 11.9. The molecular weight excluding hydrogens is 300 g/mol. The zero-order chi connectivity index (χ0) is 16.8. The monoisotopic (exact) mass is 318 g/mol. The smallest absolute Gasteiger partial charge is 0.342 e. The number of carbonyl (C=O) groups excluding carboxylic acids is 1. The molecule has 0 aliphatic heterocycles. The van der Waals surface area contributed by atoms with Gasteiger partial charge in [0, 0.05) is 6.92 Å². The van der Waals surface area contributed by atoms with E-state index in [4.69, 9.17) is 10.5 Å². The molecule has 8 nitrogen and oxygen atoms in total. The highest BCUT2D eigenvalue weighted by Crippen LogP contribution is 2.13. The lowest BCUT2D eigenvalue weighted by atomic mass is 10.1. The van der Waals surface area contributed by atoms with Crippen LogP contribution in [0.5, 0.6) is 0 Å². The first-order valence-electron chi connectivity index (χ1n) is 7.11. The van der Waals surface area contributed by atoms with E-state index in [0.717, 1.165) is 5.56 Å². The zero-order valence-electron chi connectivity index (χ0n) is 12.7. The van der Waals surface area contributed by atoms with Crippen molar-refractivity contribution in [2.24, 2.45) is 5.73 Å². The van der Waals surface area contributed by atoms with Crippen LogP contribution in [-0.4, -0.2) is 33.1 Å². The zero-order valence-corrected chi connectivity index (χ0v) is 12.7. The van der Waals surface area contributed by atoms with Crippen LogP contribution in [0.15, 0.2) is 36.5 Å². The van der Waals surface area contributed by atoms with Crippen LogP contribution in [0.4, 0.5) is 5.82 Å². The van der Waals surface area contributed by atoms with Gasteiger partial charge in [-0.2, -0.15) is 0 Å². The van der Waals surface area contributed by atoms with Crippen LogP contribution in [0.2, 0.25) is 0 Å². The predicted octanol–water partition coefficient (Wildman–Crippen LogP) is 1.21. The first kappa shape index (κ1) is 16.6. The molecule has 0 aliphatic carbocycles. The summed E-state index contributed by atoms with van der Waals surface area (Å²) in [5.74, 6) is -0.178. The van der Waals surface area contributed by atoms with Crippen molar-refractivity contribution in [2.75, 3.05) is 6.61 Å². The fourth-order valence-corrected chi connectivity index (χ4v) is 2.17. The predicted molar refractivity (Wildman–Crippen MR) is 82.7 cm³/mol. The molecule has 122 valence electrons. The molecule has 23 heavy (non-hydrogen) atoms. The van der Waals surface area contributed by atoms with Gasteiger partial charge in [0.05, 0.1) is 0 Å². The molecule has 0 amide bonds. The molecule has 1 heterocycles. The van der Waals surface area contributed by atoms with Crippen LogP contribution in [0, 0.1) is 17.0 Å². The molecule has 0 saturated carbocycles. The van der Waals surface area contributed by atoms with E-state index in [0.29, 0.717) is 12.2 Å². The number of ether oxygens (including phenoxy) is 1. The second kappa shape index (κ2) is 7.50. The van der Waals surface area contributed by atoms with E-state index in [9.17, 15) is 14.9 Å². The number of nitrogens with two attached hydrogens (primary N) is 1. The molecule has 0 fully saturated rings. The molecule has 1 atom stereocenters. The number of carbonyl (C=O) groups is 1. The lowest BCUT2D eigenvalue weighted by Gasteiger charge is -2.11. The van der Waals surface area contributed by atoms with E-state index in [1.165, 1.54) is 10.8 Å². The van der Waals surface area contributed by atoms with Crippen molar-refractivity contribution in [2.45, 2.75) is 25.9 Å². The normalized spacial score (nSPS) is 11.9. The molecular formula is C15H18N4O4. The van der Waals surface area contributed by atoms with Gasteiger partial charge in [-0.25, -0.2) is 9.55 Å². The second-order valence-corrected chi connectivity index (χ2v) is 5.04. The molecule has 2 rings (SSSR count). The van der Waals surface area contributed by atoms with Crippen molar-refractivity contribution in [3.63, 3.8) is 0 Å². The summed E-state index contributed by atoms with van der Waals surface area (Å²) in [7, 11) is 0. The molecule has 0 bridgehead atoms. The van der Waals surface area contributed by atoms with Crippen molar-refractivity contribution in [3.8, 4) is 0 Å². The van der Waals surface area contributed by atoms with Crippen LogP contribution < -0.4 is 5.73 Å². The maximum atomic E-state index is 11.9. The summed E-state index contributed by atoms with van der Waals surface area (Å²) in [5.41, 5.74) is 6.76. The molecule has 0 spiro atoms. The average Bonchev–Trinajstić information content (AvgIpc) is 2.89. The minimum Gasteiger partial charge on any atom is -0.460 e. The number of nitrogens with zero attached hydrogens (tertiary/aromatic N) is 3. The Bertz CT molecular complexity index is 684. The van der Waals surface area contributed by atoms with Crippen LogP contribution in [0.1, 0.15) is 11.4 Å². The lowest BCUT2D eigenvalue weighted by Crippen LogP contribution is -2.35. The van der Waals surface area contributed by atoms with Crippen LogP contribution in [0.3, 0.4) is 0 Å². The molecule has 1 unspecified atom stereocenters. The van der Waals surface area contributed by atoms with Gasteiger partial charge < -0.3 is 20.6 Å². The van der Waals surface area contributed by atoms with E-state index in [1.54, 1.807) is 6.92 Å². The molecule has 0 saturated heterocycles. The average molecular weight is 318 g/mol. The van der Waals surface area contributed by atoms with Gasteiger partial charge in [0.2, 0.25) is 0 Å². The van der Waals surface area contributed by atoms with Crippen molar-refractivity contribution < 1.29 is 14.5 Å². The number of imidazole rings is 1. The van der Waals surface area contributed by atoms with Crippen LogP contribution in [-0.2, 0) is 22.5 Å². The number of hydrogen-bond donors (Lipinski definition) is 1. The SMILES string of the molecule is Cc1ncc([N+](=O)[O-])n1CCOC(=O)C(N)Cc1ccccc1. The number of aryl methyl sites for hydroxylation is 1. The molecule has 2 N–H and O–H groups in total. The van der Waals surface area contributed by atoms with Crippen molar-refractivity contribution in [3.05, 3.63) is 58.0 Å². The Hall–Kier alpha value is -2.74. The van der Waals surface area contributed by atoms with Gasteiger partial charge in [0.15, 0.2) is 5.82 Å². The fraction of sp³-hybridized carbons (Fsp3) is 0.333. The van der Waals surface area contributed by atoms with E-state index in [2.05, 4.69) is 4.98 Å². The molecule has 0 aliphatic rings. The number of aromatic nitrogens is 2.